The molecule has 0 radical (unpaired) electrons. The van der Waals surface area contributed by atoms with Gasteiger partial charge >= 0.3 is 23.9 Å². The number of carboxylic acids is 2. The van der Waals surface area contributed by atoms with E-state index in [-0.39, 0.29) is 82.8 Å². The van der Waals surface area contributed by atoms with Gasteiger partial charge in [-0.15, -0.1) is 0 Å². The van der Waals surface area contributed by atoms with E-state index in [0.29, 0.717) is 35.2 Å². The second-order valence-corrected chi connectivity index (χ2v) is 19.1. The van der Waals surface area contributed by atoms with Crippen molar-refractivity contribution in [2.24, 2.45) is 47.0 Å². The minimum absolute atomic E-state index is 0. The number of aliphatic hydroxyl groups is 2. The number of unbranched alkanes of at least 4 members (excludes halogenated alkanes) is 4. The van der Waals surface area contributed by atoms with E-state index in [4.69, 9.17) is 40.6 Å². The van der Waals surface area contributed by atoms with Gasteiger partial charge in [-0.25, -0.2) is 9.59 Å². The van der Waals surface area contributed by atoms with Crippen LogP contribution in [0.5, 0.6) is 11.5 Å². The van der Waals surface area contributed by atoms with Crippen molar-refractivity contribution in [1.82, 2.24) is 0 Å². The molecule has 2 fully saturated rings. The van der Waals surface area contributed by atoms with E-state index in [0.717, 1.165) is 127 Å². The predicted molar refractivity (Wildman–Crippen MR) is 259 cm³/mol. The van der Waals surface area contributed by atoms with Crippen molar-refractivity contribution in [3.8, 4) is 11.5 Å². The molecule has 2 aromatic rings. The number of esters is 2. The minimum atomic E-state index is -0.990. The Hall–Kier alpha value is -4.24. The molecule has 2 saturated carbocycles. The van der Waals surface area contributed by atoms with Gasteiger partial charge in [0.2, 0.25) is 0 Å². The topological polar surface area (TPSA) is 238 Å². The molecule has 14 nitrogen and oxygen atoms in total. The number of carbonyl (C=O) groups excluding carboxylic acids is 2. The average Bonchev–Trinajstić information content (AvgIpc) is 3.76. The quantitative estimate of drug-likeness (QED) is 0.0434. The Bertz CT molecular complexity index is 1860. The fourth-order valence-corrected chi connectivity index (χ4v) is 11.2. The van der Waals surface area contributed by atoms with Crippen LogP contribution >= 0.6 is 0 Å². The van der Waals surface area contributed by atoms with Crippen LogP contribution < -0.4 is 20.9 Å². The largest absolute Gasteiger partial charge is 0.482 e. The monoisotopic (exact) mass is 941 g/mol. The van der Waals surface area contributed by atoms with Crippen LogP contribution in [0.2, 0.25) is 0 Å². The van der Waals surface area contributed by atoms with E-state index in [1.54, 1.807) is 6.92 Å². The molecule has 6 rings (SSSR count). The highest BCUT2D eigenvalue weighted by Crippen LogP contribution is 2.50. The number of nitrogens with two attached hydrogens (primary N) is 2. The van der Waals surface area contributed by atoms with Crippen molar-refractivity contribution < 1.29 is 58.6 Å². The Kier molecular flexibility index (Phi) is 24.1. The summed E-state index contributed by atoms with van der Waals surface area (Å²) in [7, 11) is 0. The van der Waals surface area contributed by atoms with Crippen molar-refractivity contribution >= 4 is 23.9 Å². The van der Waals surface area contributed by atoms with Crippen LogP contribution in [0.3, 0.4) is 0 Å². The van der Waals surface area contributed by atoms with E-state index >= 15 is 0 Å². The Morgan fingerprint density at radius 3 is 1.48 bits per heavy atom. The summed E-state index contributed by atoms with van der Waals surface area (Å²) in [4.78, 5) is 45.7. The first-order valence-corrected chi connectivity index (χ1v) is 24.3. The number of fused-ring (bicyclic) bond motifs is 4. The standard InChI is InChI=1S/C26H39NO6.C25H37NO6.2CH4/c1-3-4-5-8-19(33-26(31)16(2)27)10-11-20-21-12-17-7-6-9-24(32-15-25(29)30)22(17)13-18(21)14-23(20)28;1-2-3-4-7-18(32-25(30)14-26)9-10-19-20-11-16-6-5-8-23(31-15-24(28)29)21(16)12-17(20)13-22(19)27;;/h6-7,9,16,18-21,23,28H,3-5,8,10-15,27H2,1-2H3,(H,29,30);5-6,8,17-20,22,27H,2-4,7,9-15,26H2,1H3,(H,28,29);2*1H4/t16?,18-,19-,20+,21-,23+;17-,18-,19+,20-,22+;;/m00../s1. The lowest BCUT2D eigenvalue weighted by atomic mass is 9.73. The van der Waals surface area contributed by atoms with Gasteiger partial charge in [0.05, 0.1) is 18.8 Å². The van der Waals surface area contributed by atoms with Crippen molar-refractivity contribution in [2.75, 3.05) is 19.8 Å². The number of carbonyl (C=O) groups is 4. The molecular weight excluding hydrogens is 857 g/mol. The number of hydrogen-bond acceptors (Lipinski definition) is 12. The lowest BCUT2D eigenvalue weighted by Crippen LogP contribution is -2.33. The summed E-state index contributed by atoms with van der Waals surface area (Å²) in [5.74, 6) is 0.342. The van der Waals surface area contributed by atoms with Crippen LogP contribution in [0.1, 0.15) is 148 Å². The molecule has 0 heterocycles. The van der Waals surface area contributed by atoms with E-state index in [1.165, 1.54) is 11.1 Å². The predicted octanol–water partition coefficient (Wildman–Crippen LogP) is 7.85. The lowest BCUT2D eigenvalue weighted by molar-refractivity contribution is -0.151. The number of aliphatic hydroxyl groups excluding tert-OH is 2. The van der Waals surface area contributed by atoms with Crippen LogP contribution in [0.4, 0.5) is 0 Å². The highest BCUT2D eigenvalue weighted by molar-refractivity contribution is 5.75. The molecule has 14 heteroatoms. The molecule has 0 spiro atoms. The van der Waals surface area contributed by atoms with Gasteiger partial charge in [-0.1, -0.05) is 78.6 Å². The molecule has 378 valence electrons. The fraction of sp³-hybridized carbons (Fsp3) is 0.698. The highest BCUT2D eigenvalue weighted by atomic mass is 16.5. The smallest absolute Gasteiger partial charge is 0.341 e. The van der Waals surface area contributed by atoms with Gasteiger partial charge in [0.1, 0.15) is 29.7 Å². The maximum atomic E-state index is 12.1. The molecule has 11 atom stereocenters. The maximum Gasteiger partial charge on any atom is 0.341 e. The summed E-state index contributed by atoms with van der Waals surface area (Å²) in [5.41, 5.74) is 15.7. The van der Waals surface area contributed by atoms with E-state index < -0.39 is 18.0 Å². The summed E-state index contributed by atoms with van der Waals surface area (Å²) >= 11 is 0. The van der Waals surface area contributed by atoms with Gasteiger partial charge in [-0.05, 0) is 167 Å². The average molecular weight is 941 g/mol. The van der Waals surface area contributed by atoms with Gasteiger partial charge < -0.3 is 50.8 Å². The summed E-state index contributed by atoms with van der Waals surface area (Å²) < 4.78 is 22.3. The number of hydrogen-bond donors (Lipinski definition) is 6. The molecule has 0 amide bonds. The number of carboxylic acid groups (broad SMARTS) is 2. The number of ether oxygens (including phenoxy) is 4. The number of rotatable bonds is 24. The van der Waals surface area contributed by atoms with Gasteiger partial charge in [0.15, 0.2) is 13.2 Å². The zero-order valence-corrected chi connectivity index (χ0v) is 38.9. The van der Waals surface area contributed by atoms with Crippen molar-refractivity contribution in [1.29, 1.82) is 0 Å². The van der Waals surface area contributed by atoms with Gasteiger partial charge in [-0.3, -0.25) is 9.59 Å². The second-order valence-electron chi connectivity index (χ2n) is 19.1. The van der Waals surface area contributed by atoms with E-state index in [9.17, 15) is 29.4 Å². The van der Waals surface area contributed by atoms with Gasteiger partial charge in [-0.2, -0.15) is 0 Å². The first kappa shape index (κ1) is 57.1. The molecule has 0 aromatic heterocycles. The van der Waals surface area contributed by atoms with Crippen molar-refractivity contribution in [2.45, 2.75) is 182 Å². The second kappa shape index (κ2) is 28.3. The zero-order valence-electron chi connectivity index (χ0n) is 38.9. The van der Waals surface area contributed by atoms with Crippen LogP contribution in [0.15, 0.2) is 36.4 Å². The van der Waals surface area contributed by atoms with Crippen LogP contribution in [0.25, 0.3) is 0 Å². The highest BCUT2D eigenvalue weighted by Gasteiger charge is 2.46. The van der Waals surface area contributed by atoms with Crippen LogP contribution in [-0.4, -0.2) is 94.5 Å². The Labute approximate surface area is 399 Å². The SMILES string of the molecule is C.C.CCCCC[C@@H](CC[C@@H]1[C@H]2Cc3cccc(OCC(=O)O)c3C[C@H]2C[C@H]1O)OC(=O)C(C)N.CCCCC[C@@H](CC[C@@H]1[C@H]2Cc3cccc(OCC(=O)O)c3C[C@H]2C[C@H]1O)OC(=O)CN. The van der Waals surface area contributed by atoms with E-state index in [1.807, 2.05) is 24.3 Å². The normalized spacial score (nSPS) is 24.5. The summed E-state index contributed by atoms with van der Waals surface area (Å²) in [6.07, 6.45) is 15.0. The zero-order chi connectivity index (χ0) is 47.0. The molecular formula is C53H84N2O12. The molecule has 1 unspecified atom stereocenters. The molecule has 2 aromatic carbocycles. The third kappa shape index (κ3) is 16.5. The fourth-order valence-electron chi connectivity index (χ4n) is 11.2. The molecule has 4 aliphatic carbocycles. The summed E-state index contributed by atoms with van der Waals surface area (Å²) in [5, 5.41) is 39.7. The van der Waals surface area contributed by atoms with Crippen LogP contribution in [0, 0.1) is 35.5 Å². The first-order valence-electron chi connectivity index (χ1n) is 24.3. The molecule has 67 heavy (non-hydrogen) atoms. The molecule has 0 saturated heterocycles. The number of benzene rings is 2. The molecule has 4 aliphatic rings. The van der Waals surface area contributed by atoms with Crippen LogP contribution in [-0.2, 0) is 54.3 Å². The van der Waals surface area contributed by atoms with Crippen molar-refractivity contribution in [3.63, 3.8) is 0 Å². The maximum absolute atomic E-state index is 12.1. The third-order valence-electron chi connectivity index (χ3n) is 14.4. The molecule has 8 N–H and O–H groups in total. The van der Waals surface area contributed by atoms with Gasteiger partial charge in [0, 0.05) is 0 Å². The van der Waals surface area contributed by atoms with Crippen molar-refractivity contribution in [3.05, 3.63) is 58.7 Å². The van der Waals surface area contributed by atoms with E-state index in [2.05, 4.69) is 26.0 Å². The third-order valence-corrected chi connectivity index (χ3v) is 14.4. The summed E-state index contributed by atoms with van der Waals surface area (Å²) in [6, 6.07) is 11.0. The summed E-state index contributed by atoms with van der Waals surface area (Å²) in [6.45, 7) is 5.13. The lowest BCUT2D eigenvalue weighted by Gasteiger charge is -2.33. The minimum Gasteiger partial charge on any atom is -0.482 e. The number of aliphatic carboxylic acids is 2. The first-order chi connectivity index (χ1) is 31.2. The molecule has 0 aliphatic heterocycles. The Balaban J connectivity index is 0.000000345. The Morgan fingerprint density at radius 2 is 1.09 bits per heavy atom. The molecule has 0 bridgehead atoms. The van der Waals surface area contributed by atoms with Gasteiger partial charge in [0.25, 0.3) is 0 Å². The Morgan fingerprint density at radius 1 is 0.657 bits per heavy atom.